The predicted octanol–water partition coefficient (Wildman–Crippen LogP) is 4.65. The number of thioether (sulfide) groups is 1. The predicted molar refractivity (Wildman–Crippen MR) is 116 cm³/mol. The lowest BCUT2D eigenvalue weighted by atomic mass is 10.2. The van der Waals surface area contributed by atoms with E-state index in [1.165, 1.54) is 0 Å². The van der Waals surface area contributed by atoms with Crippen LogP contribution in [0.4, 0.5) is 0 Å². The van der Waals surface area contributed by atoms with E-state index in [4.69, 9.17) is 14.5 Å². The Hall–Kier alpha value is -1.83. The topological polar surface area (TPSA) is 53.4 Å². The van der Waals surface area contributed by atoms with E-state index in [2.05, 4.69) is 0 Å². The summed E-state index contributed by atoms with van der Waals surface area (Å²) in [4.78, 5) is 20.4. The first-order valence-electron chi connectivity index (χ1n) is 9.41. The second-order valence-corrected chi connectivity index (χ2v) is 9.31. The van der Waals surface area contributed by atoms with Crippen molar-refractivity contribution in [3.63, 3.8) is 0 Å². The van der Waals surface area contributed by atoms with Gasteiger partial charge in [0.1, 0.15) is 10.6 Å². The molecule has 1 aliphatic heterocycles. The number of hydrogen-bond acceptors (Lipinski definition) is 6. The van der Waals surface area contributed by atoms with Crippen LogP contribution in [0.5, 0.6) is 5.75 Å². The molecule has 2 aromatic heterocycles. The fourth-order valence-electron chi connectivity index (χ4n) is 3.50. The second kappa shape index (κ2) is 7.89. The lowest BCUT2D eigenvalue weighted by Crippen LogP contribution is -2.23. The fraction of sp³-hybridized carbons (Fsp3) is 0.429. The van der Waals surface area contributed by atoms with Crippen LogP contribution in [-0.2, 0) is 4.74 Å². The van der Waals surface area contributed by atoms with Crippen molar-refractivity contribution in [3.8, 4) is 11.4 Å². The average molecular weight is 417 g/mol. The van der Waals surface area contributed by atoms with Crippen molar-refractivity contribution in [2.45, 2.75) is 44.9 Å². The van der Waals surface area contributed by atoms with Gasteiger partial charge < -0.3 is 9.47 Å². The number of benzene rings is 1. The highest BCUT2D eigenvalue weighted by Gasteiger charge is 2.22. The van der Waals surface area contributed by atoms with Gasteiger partial charge in [-0.2, -0.15) is 0 Å². The van der Waals surface area contributed by atoms with Crippen LogP contribution in [0.2, 0.25) is 0 Å². The molecule has 0 aliphatic carbocycles. The van der Waals surface area contributed by atoms with Crippen LogP contribution in [0.15, 0.2) is 28.2 Å². The number of methoxy groups -OCH3 is 1. The molecule has 0 bridgehead atoms. The van der Waals surface area contributed by atoms with Gasteiger partial charge in [-0.1, -0.05) is 17.8 Å². The summed E-state index contributed by atoms with van der Waals surface area (Å²) < 4.78 is 13.1. The first kappa shape index (κ1) is 19.5. The zero-order valence-corrected chi connectivity index (χ0v) is 18.2. The molecule has 1 atom stereocenters. The van der Waals surface area contributed by atoms with Gasteiger partial charge in [-0.15, -0.1) is 11.3 Å². The first-order chi connectivity index (χ1) is 13.5. The van der Waals surface area contributed by atoms with Crippen molar-refractivity contribution < 1.29 is 9.47 Å². The smallest absolute Gasteiger partial charge is 0.267 e. The summed E-state index contributed by atoms with van der Waals surface area (Å²) in [6.07, 6.45) is 2.38. The van der Waals surface area contributed by atoms with E-state index in [0.29, 0.717) is 16.3 Å². The quantitative estimate of drug-likeness (QED) is 0.448. The number of thiophene rings is 1. The Bertz CT molecular complexity index is 1080. The molecule has 1 aliphatic rings. The maximum absolute atomic E-state index is 13.6. The number of fused-ring (bicyclic) bond motifs is 1. The van der Waals surface area contributed by atoms with E-state index in [0.717, 1.165) is 51.7 Å². The van der Waals surface area contributed by atoms with Crippen LogP contribution >= 0.6 is 23.1 Å². The molecule has 0 N–H and O–H groups in total. The van der Waals surface area contributed by atoms with Gasteiger partial charge in [0.2, 0.25) is 0 Å². The number of nitrogens with zero attached hydrogens (tertiary/aromatic N) is 2. The Morgan fingerprint density at radius 1 is 1.36 bits per heavy atom. The summed E-state index contributed by atoms with van der Waals surface area (Å²) in [7, 11) is 1.63. The lowest BCUT2D eigenvalue weighted by Gasteiger charge is -2.17. The molecule has 1 aromatic carbocycles. The van der Waals surface area contributed by atoms with Crippen LogP contribution in [0.1, 0.15) is 28.8 Å². The number of rotatable bonds is 5. The molecule has 28 heavy (non-hydrogen) atoms. The second-order valence-electron chi connectivity index (χ2n) is 7.12. The van der Waals surface area contributed by atoms with E-state index < -0.39 is 0 Å². The Labute approximate surface area is 172 Å². The van der Waals surface area contributed by atoms with Crippen LogP contribution in [0.25, 0.3) is 15.9 Å². The van der Waals surface area contributed by atoms with Gasteiger partial charge in [0.05, 0.1) is 24.3 Å². The third kappa shape index (κ3) is 3.47. The molecule has 5 nitrogen and oxygen atoms in total. The summed E-state index contributed by atoms with van der Waals surface area (Å²) in [6.45, 7) is 6.87. The van der Waals surface area contributed by atoms with Crippen molar-refractivity contribution in [3.05, 3.63) is 44.6 Å². The average Bonchev–Trinajstić information content (AvgIpc) is 3.28. The van der Waals surface area contributed by atoms with E-state index in [1.54, 1.807) is 34.8 Å². The maximum Gasteiger partial charge on any atom is 0.267 e. The maximum atomic E-state index is 13.6. The third-order valence-electron chi connectivity index (χ3n) is 5.17. The minimum Gasteiger partial charge on any atom is -0.495 e. The normalized spacial score (nSPS) is 16.8. The summed E-state index contributed by atoms with van der Waals surface area (Å²) in [5.41, 5.74) is 2.77. The van der Waals surface area contributed by atoms with Gasteiger partial charge in [0, 0.05) is 17.2 Å². The van der Waals surface area contributed by atoms with Gasteiger partial charge >= 0.3 is 0 Å². The van der Waals surface area contributed by atoms with Crippen LogP contribution in [-0.4, -0.2) is 35.1 Å². The van der Waals surface area contributed by atoms with E-state index in [-0.39, 0.29) is 11.7 Å². The summed E-state index contributed by atoms with van der Waals surface area (Å²) in [5.74, 6) is 1.45. The van der Waals surface area contributed by atoms with Crippen molar-refractivity contribution in [2.24, 2.45) is 0 Å². The molecule has 7 heteroatoms. The zero-order chi connectivity index (χ0) is 19.8. The molecule has 148 valence electrons. The highest BCUT2D eigenvalue weighted by Crippen LogP contribution is 2.33. The SMILES string of the molecule is COc1ccc(C)cc1-n1c(SCC2CCCO2)nc2sc(C)c(C)c2c1=O. The molecular formula is C21H24N2O3S2. The summed E-state index contributed by atoms with van der Waals surface area (Å²) >= 11 is 3.17. The minimum absolute atomic E-state index is 0.0365. The third-order valence-corrected chi connectivity index (χ3v) is 7.34. The van der Waals surface area contributed by atoms with Crippen LogP contribution in [0, 0.1) is 20.8 Å². The molecule has 4 rings (SSSR count). The van der Waals surface area contributed by atoms with Gasteiger partial charge in [0.25, 0.3) is 5.56 Å². The molecule has 1 fully saturated rings. The van der Waals surface area contributed by atoms with Crippen LogP contribution in [0.3, 0.4) is 0 Å². The molecule has 0 spiro atoms. The summed E-state index contributed by atoms with van der Waals surface area (Å²) in [5, 5.41) is 1.39. The van der Waals surface area contributed by atoms with Gasteiger partial charge in [-0.05, 0) is 56.9 Å². The van der Waals surface area contributed by atoms with Crippen molar-refractivity contribution in [2.75, 3.05) is 19.5 Å². The minimum atomic E-state index is -0.0365. The molecule has 3 heterocycles. The monoisotopic (exact) mass is 416 g/mol. The Kier molecular flexibility index (Phi) is 5.49. The Morgan fingerprint density at radius 2 is 2.18 bits per heavy atom. The standard InChI is InChI=1S/C21H24N2O3S2/c1-12-7-8-17(25-4)16(10-12)23-20(24)18-13(2)14(3)28-19(18)22-21(23)27-11-15-6-5-9-26-15/h7-8,10,15H,5-6,9,11H2,1-4H3. The highest BCUT2D eigenvalue weighted by atomic mass is 32.2. The molecule has 0 amide bonds. The molecule has 1 saturated heterocycles. The fourth-order valence-corrected chi connectivity index (χ4v) is 5.64. The summed E-state index contributed by atoms with van der Waals surface area (Å²) in [6, 6.07) is 5.87. The van der Waals surface area contributed by atoms with E-state index in [1.807, 2.05) is 39.0 Å². The Balaban J connectivity index is 1.92. The molecule has 0 radical (unpaired) electrons. The van der Waals surface area contributed by atoms with E-state index >= 15 is 0 Å². The molecule has 0 saturated carbocycles. The highest BCUT2D eigenvalue weighted by molar-refractivity contribution is 7.99. The van der Waals surface area contributed by atoms with Crippen molar-refractivity contribution in [1.29, 1.82) is 0 Å². The number of aromatic nitrogens is 2. The zero-order valence-electron chi connectivity index (χ0n) is 16.6. The largest absolute Gasteiger partial charge is 0.495 e. The lowest BCUT2D eigenvalue weighted by molar-refractivity contribution is 0.129. The van der Waals surface area contributed by atoms with Crippen molar-refractivity contribution in [1.82, 2.24) is 9.55 Å². The number of aryl methyl sites for hydroxylation is 3. The van der Waals surface area contributed by atoms with Crippen molar-refractivity contribution >= 4 is 33.3 Å². The number of hydrogen-bond donors (Lipinski definition) is 0. The Morgan fingerprint density at radius 3 is 2.89 bits per heavy atom. The van der Waals surface area contributed by atoms with E-state index in [9.17, 15) is 4.79 Å². The van der Waals surface area contributed by atoms with Gasteiger partial charge in [0.15, 0.2) is 5.16 Å². The molecular weight excluding hydrogens is 392 g/mol. The van der Waals surface area contributed by atoms with Crippen LogP contribution < -0.4 is 10.3 Å². The first-order valence-corrected chi connectivity index (χ1v) is 11.2. The number of ether oxygens (including phenoxy) is 2. The molecule has 3 aromatic rings. The van der Waals surface area contributed by atoms with Gasteiger partial charge in [-0.3, -0.25) is 9.36 Å². The molecule has 1 unspecified atom stereocenters. The van der Waals surface area contributed by atoms with Gasteiger partial charge in [-0.25, -0.2) is 4.98 Å².